The molecule has 0 spiro atoms. The molecular formula is C26H46O3. The van der Waals surface area contributed by atoms with E-state index in [1.807, 2.05) is 0 Å². The van der Waals surface area contributed by atoms with Crippen molar-refractivity contribution < 1.29 is 15.0 Å². The van der Waals surface area contributed by atoms with Crippen molar-refractivity contribution in [2.75, 3.05) is 13.2 Å². The molecule has 168 valence electrons. The van der Waals surface area contributed by atoms with E-state index in [-0.39, 0.29) is 19.1 Å². The molecule has 2 N–H and O–H groups in total. The van der Waals surface area contributed by atoms with Gasteiger partial charge >= 0.3 is 0 Å². The first-order chi connectivity index (χ1) is 14.0. The molecule has 0 heterocycles. The lowest BCUT2D eigenvalue weighted by molar-refractivity contribution is -0.104. The number of allylic oxidation sites excluding steroid dienone is 3. The van der Waals surface area contributed by atoms with Crippen LogP contribution in [-0.4, -0.2) is 29.7 Å². The number of hydrogen-bond donors (Lipinski definition) is 2. The number of aliphatic hydroxyl groups excluding tert-OH is 2. The van der Waals surface area contributed by atoms with Crippen LogP contribution < -0.4 is 0 Å². The summed E-state index contributed by atoms with van der Waals surface area (Å²) in [4.78, 5) is 9.41. The van der Waals surface area contributed by atoms with Crippen LogP contribution in [-0.2, 0) is 4.79 Å². The van der Waals surface area contributed by atoms with Gasteiger partial charge in [0.25, 0.3) is 0 Å². The second-order valence-corrected chi connectivity index (χ2v) is 9.48. The average molecular weight is 407 g/mol. The second-order valence-electron chi connectivity index (χ2n) is 9.48. The van der Waals surface area contributed by atoms with Crippen LogP contribution >= 0.6 is 0 Å². The molecule has 0 aromatic rings. The number of aldehydes is 1. The van der Waals surface area contributed by atoms with E-state index in [1.165, 1.54) is 70.6 Å². The van der Waals surface area contributed by atoms with Gasteiger partial charge in [0.2, 0.25) is 0 Å². The van der Waals surface area contributed by atoms with Gasteiger partial charge in [0.15, 0.2) is 0 Å². The summed E-state index contributed by atoms with van der Waals surface area (Å²) in [6.45, 7) is 7.38. The molecule has 0 aromatic heterocycles. The van der Waals surface area contributed by atoms with Crippen molar-refractivity contribution in [3.8, 4) is 0 Å². The van der Waals surface area contributed by atoms with Crippen molar-refractivity contribution in [3.05, 3.63) is 24.3 Å². The fourth-order valence-electron chi connectivity index (χ4n) is 5.11. The zero-order valence-electron chi connectivity index (χ0n) is 19.0. The molecule has 3 nitrogen and oxygen atoms in total. The van der Waals surface area contributed by atoms with E-state index < -0.39 is 0 Å². The molecule has 2 saturated carbocycles. The van der Waals surface area contributed by atoms with Crippen LogP contribution in [0.25, 0.3) is 0 Å². The molecule has 3 heteroatoms. The predicted molar refractivity (Wildman–Crippen MR) is 123 cm³/mol. The number of aliphatic hydroxyl groups is 2. The van der Waals surface area contributed by atoms with Gasteiger partial charge in [0, 0.05) is 19.1 Å². The lowest BCUT2D eigenvalue weighted by Gasteiger charge is -2.38. The van der Waals surface area contributed by atoms with E-state index in [2.05, 4.69) is 25.7 Å². The smallest absolute Gasteiger partial charge is 0.145 e. The van der Waals surface area contributed by atoms with Crippen LogP contribution in [0.3, 0.4) is 0 Å². The maximum absolute atomic E-state index is 9.41. The first-order valence-electron chi connectivity index (χ1n) is 12.0. The Morgan fingerprint density at radius 2 is 1.38 bits per heavy atom. The summed E-state index contributed by atoms with van der Waals surface area (Å²) in [5.74, 6) is 3.94. The SMILES string of the molecule is C/C=C/CCC1CCC(C2CCC(CCC(CO)CO)CC2)CC1.C=C(C)C=O. The van der Waals surface area contributed by atoms with Crippen LogP contribution in [0, 0.1) is 29.6 Å². The highest BCUT2D eigenvalue weighted by molar-refractivity contribution is 5.70. The highest BCUT2D eigenvalue weighted by Gasteiger charge is 2.30. The highest BCUT2D eigenvalue weighted by Crippen LogP contribution is 2.43. The largest absolute Gasteiger partial charge is 0.396 e. The second kappa shape index (κ2) is 15.8. The fourth-order valence-corrected chi connectivity index (χ4v) is 5.11. The van der Waals surface area contributed by atoms with Crippen molar-refractivity contribution in [1.29, 1.82) is 0 Å². The fraction of sp³-hybridized carbons (Fsp3) is 0.808. The standard InChI is InChI=1S/C22H40O2.C4H6O/c1-2-3-4-5-18-8-12-21(13-9-18)22-14-10-19(11-15-22)6-7-20(16-23)17-24;1-4(2)3-5/h2-3,18-24H,4-17H2,1H3;3H,1H2,2H3/b3-2+;. The number of carbonyl (C=O) groups is 1. The number of rotatable bonds is 10. The first-order valence-corrected chi connectivity index (χ1v) is 12.0. The summed E-state index contributed by atoms with van der Waals surface area (Å²) in [6, 6.07) is 0. The molecule has 0 unspecified atom stereocenters. The van der Waals surface area contributed by atoms with Gasteiger partial charge in [-0.2, -0.15) is 0 Å². The van der Waals surface area contributed by atoms with Gasteiger partial charge < -0.3 is 10.2 Å². The van der Waals surface area contributed by atoms with Gasteiger partial charge in [-0.1, -0.05) is 50.8 Å². The molecule has 29 heavy (non-hydrogen) atoms. The third kappa shape index (κ3) is 11.1. The Morgan fingerprint density at radius 1 is 0.931 bits per heavy atom. The van der Waals surface area contributed by atoms with Gasteiger partial charge in [-0.3, -0.25) is 4.79 Å². The Kier molecular flexibility index (Phi) is 14.3. The minimum atomic E-state index is 0.112. The Labute approximate surface area is 179 Å². The van der Waals surface area contributed by atoms with E-state index in [9.17, 15) is 15.0 Å². The molecule has 0 atom stereocenters. The Hall–Kier alpha value is -0.930. The Morgan fingerprint density at radius 3 is 1.76 bits per heavy atom. The Balaban J connectivity index is 0.000000749. The van der Waals surface area contributed by atoms with Crippen molar-refractivity contribution in [3.63, 3.8) is 0 Å². The molecule has 2 rings (SSSR count). The highest BCUT2D eigenvalue weighted by atomic mass is 16.3. The normalized spacial score (nSPS) is 27.5. The quantitative estimate of drug-likeness (QED) is 0.262. The molecule has 0 aromatic carbocycles. The summed E-state index contributed by atoms with van der Waals surface area (Å²) in [6.07, 6.45) is 21.6. The van der Waals surface area contributed by atoms with Gasteiger partial charge in [-0.15, -0.1) is 0 Å². The molecular weight excluding hydrogens is 360 g/mol. The lowest BCUT2D eigenvalue weighted by atomic mass is 9.68. The molecule has 0 saturated heterocycles. The molecule has 0 bridgehead atoms. The minimum Gasteiger partial charge on any atom is -0.396 e. The molecule has 2 aliphatic carbocycles. The van der Waals surface area contributed by atoms with Crippen molar-refractivity contribution >= 4 is 6.29 Å². The van der Waals surface area contributed by atoms with E-state index in [0.29, 0.717) is 5.57 Å². The summed E-state index contributed by atoms with van der Waals surface area (Å²) in [7, 11) is 0. The lowest BCUT2D eigenvalue weighted by Crippen LogP contribution is -2.26. The van der Waals surface area contributed by atoms with Gasteiger partial charge in [0.05, 0.1) is 0 Å². The van der Waals surface area contributed by atoms with Crippen LogP contribution in [0.2, 0.25) is 0 Å². The number of carbonyl (C=O) groups excluding carboxylic acids is 1. The van der Waals surface area contributed by atoms with Crippen LogP contribution in [0.5, 0.6) is 0 Å². The zero-order valence-corrected chi connectivity index (χ0v) is 19.0. The molecule has 0 amide bonds. The van der Waals surface area contributed by atoms with Crippen molar-refractivity contribution in [2.24, 2.45) is 29.6 Å². The van der Waals surface area contributed by atoms with Gasteiger partial charge in [0.1, 0.15) is 6.29 Å². The summed E-state index contributed by atoms with van der Waals surface area (Å²) in [5, 5.41) is 18.4. The van der Waals surface area contributed by atoms with Crippen LogP contribution in [0.4, 0.5) is 0 Å². The van der Waals surface area contributed by atoms with Crippen molar-refractivity contribution in [2.45, 2.75) is 90.9 Å². The topological polar surface area (TPSA) is 57.5 Å². The summed E-state index contributed by atoms with van der Waals surface area (Å²) >= 11 is 0. The van der Waals surface area contributed by atoms with Crippen LogP contribution in [0.1, 0.15) is 90.9 Å². The van der Waals surface area contributed by atoms with Gasteiger partial charge in [-0.25, -0.2) is 0 Å². The zero-order chi connectivity index (χ0) is 21.5. The van der Waals surface area contributed by atoms with E-state index in [0.717, 1.165) is 36.4 Å². The van der Waals surface area contributed by atoms with E-state index in [4.69, 9.17) is 0 Å². The predicted octanol–water partition coefficient (Wildman–Crippen LogP) is 6.10. The minimum absolute atomic E-state index is 0.112. The maximum Gasteiger partial charge on any atom is 0.145 e. The summed E-state index contributed by atoms with van der Waals surface area (Å²) < 4.78 is 0. The maximum atomic E-state index is 9.41. The monoisotopic (exact) mass is 406 g/mol. The Bertz CT molecular complexity index is 451. The third-order valence-electron chi connectivity index (χ3n) is 7.13. The van der Waals surface area contributed by atoms with E-state index in [1.54, 1.807) is 6.92 Å². The van der Waals surface area contributed by atoms with Gasteiger partial charge in [-0.05, 0) is 88.0 Å². The van der Waals surface area contributed by atoms with Crippen molar-refractivity contribution in [1.82, 2.24) is 0 Å². The third-order valence-corrected chi connectivity index (χ3v) is 7.13. The number of hydrogen-bond acceptors (Lipinski definition) is 3. The first kappa shape index (κ1) is 26.1. The average Bonchev–Trinajstić information content (AvgIpc) is 2.76. The molecule has 0 radical (unpaired) electrons. The molecule has 2 aliphatic rings. The molecule has 0 aliphatic heterocycles. The van der Waals surface area contributed by atoms with E-state index >= 15 is 0 Å². The molecule has 2 fully saturated rings. The summed E-state index contributed by atoms with van der Waals surface area (Å²) in [5.41, 5.74) is 0.574. The van der Waals surface area contributed by atoms with Crippen LogP contribution in [0.15, 0.2) is 24.3 Å².